The molecule has 0 aliphatic carbocycles. The molecule has 0 amide bonds. The normalized spacial score (nSPS) is 11.5. The molecular formula is C29H32N2O. The van der Waals surface area contributed by atoms with Crippen LogP contribution in [0.5, 0.6) is 5.75 Å². The lowest BCUT2D eigenvalue weighted by molar-refractivity contribution is 0.394. The molecule has 0 atom stereocenters. The third kappa shape index (κ3) is 3.73. The molecule has 4 aromatic rings. The first-order valence-corrected chi connectivity index (χ1v) is 11.6. The van der Waals surface area contributed by atoms with Gasteiger partial charge in [0.2, 0.25) is 0 Å². The Hall–Kier alpha value is -3.33. The van der Waals surface area contributed by atoms with Crippen molar-refractivity contribution >= 4 is 0 Å². The maximum Gasteiger partial charge on any atom is 0.163 e. The molecule has 0 saturated heterocycles. The quantitative estimate of drug-likeness (QED) is 0.282. The van der Waals surface area contributed by atoms with Gasteiger partial charge in [0, 0.05) is 0 Å². The van der Waals surface area contributed by atoms with Crippen LogP contribution < -0.4 is 4.74 Å². The van der Waals surface area contributed by atoms with E-state index in [-0.39, 0.29) is 0 Å². The lowest BCUT2D eigenvalue weighted by Gasteiger charge is -2.37. The summed E-state index contributed by atoms with van der Waals surface area (Å²) in [5.74, 6) is 0.931. The third-order valence-electron chi connectivity index (χ3n) is 6.07. The Bertz CT molecular complexity index is 1020. The maximum absolute atomic E-state index is 5.98. The fraction of sp³-hybridized carbons (Fsp3) is 0.276. The van der Waals surface area contributed by atoms with Crippen LogP contribution in [0.3, 0.4) is 0 Å². The maximum atomic E-state index is 5.98. The summed E-state index contributed by atoms with van der Waals surface area (Å²) in [6, 6.07) is 32.2. The number of aromatic nitrogens is 2. The summed E-state index contributed by atoms with van der Waals surface area (Å²) in [5, 5.41) is 5.28. The van der Waals surface area contributed by atoms with Crippen molar-refractivity contribution < 1.29 is 4.74 Å². The smallest absolute Gasteiger partial charge is 0.163 e. The summed E-state index contributed by atoms with van der Waals surface area (Å²) in [4.78, 5) is 0. The number of hydrogen-bond acceptors (Lipinski definition) is 2. The van der Waals surface area contributed by atoms with Crippen molar-refractivity contribution in [1.29, 1.82) is 0 Å². The third-order valence-corrected chi connectivity index (χ3v) is 6.07. The van der Waals surface area contributed by atoms with Crippen LogP contribution in [0.4, 0.5) is 0 Å². The van der Waals surface area contributed by atoms with E-state index in [0.29, 0.717) is 0 Å². The zero-order valence-electron chi connectivity index (χ0n) is 19.3. The number of nitrogens with zero attached hydrogens (tertiary/aromatic N) is 2. The summed E-state index contributed by atoms with van der Waals surface area (Å²) in [6.07, 6.45) is 3.82. The predicted molar refractivity (Wildman–Crippen MR) is 131 cm³/mol. The lowest BCUT2D eigenvalue weighted by atomic mass is 9.77. The highest BCUT2D eigenvalue weighted by atomic mass is 16.5. The van der Waals surface area contributed by atoms with E-state index in [4.69, 9.17) is 9.84 Å². The molecule has 0 aliphatic rings. The standard InChI is InChI=1S/C29H32N2O/c1-4-15-26-28(32-3)27(16-5-2)31(30-26)29(23-17-9-6-10-18-23,24-19-11-7-12-20-24)25-21-13-8-14-22-25/h6-14,17-22H,4-5,15-16H2,1-3H3. The molecule has 1 aromatic heterocycles. The molecule has 0 saturated carbocycles. The van der Waals surface area contributed by atoms with E-state index in [9.17, 15) is 0 Å². The number of methoxy groups -OCH3 is 1. The molecule has 3 heteroatoms. The molecule has 0 N–H and O–H groups in total. The van der Waals surface area contributed by atoms with Crippen LogP contribution in [-0.2, 0) is 18.4 Å². The molecule has 0 radical (unpaired) electrons. The summed E-state index contributed by atoms with van der Waals surface area (Å²) in [6.45, 7) is 4.41. The molecule has 3 aromatic carbocycles. The largest absolute Gasteiger partial charge is 0.493 e. The SMILES string of the molecule is CCCc1nn(C(c2ccccc2)(c2ccccc2)c2ccccc2)c(CCC)c1OC. The van der Waals surface area contributed by atoms with Gasteiger partial charge in [0.05, 0.1) is 12.8 Å². The molecule has 0 unspecified atom stereocenters. The van der Waals surface area contributed by atoms with Gasteiger partial charge in [0.1, 0.15) is 11.2 Å². The summed E-state index contributed by atoms with van der Waals surface area (Å²) < 4.78 is 8.23. The minimum Gasteiger partial charge on any atom is -0.493 e. The van der Waals surface area contributed by atoms with E-state index in [0.717, 1.165) is 42.8 Å². The number of benzene rings is 3. The van der Waals surface area contributed by atoms with Gasteiger partial charge in [-0.2, -0.15) is 5.10 Å². The molecule has 0 fully saturated rings. The second-order valence-corrected chi connectivity index (χ2v) is 8.15. The summed E-state index contributed by atoms with van der Waals surface area (Å²) in [5.41, 5.74) is 5.13. The Labute approximate surface area is 191 Å². The number of ether oxygens (including phenoxy) is 1. The van der Waals surface area contributed by atoms with Gasteiger partial charge in [-0.25, -0.2) is 4.68 Å². The van der Waals surface area contributed by atoms with E-state index >= 15 is 0 Å². The fourth-order valence-corrected chi connectivity index (χ4v) is 4.76. The molecule has 0 bridgehead atoms. The highest BCUT2D eigenvalue weighted by Gasteiger charge is 2.42. The van der Waals surface area contributed by atoms with Gasteiger partial charge in [-0.05, 0) is 29.5 Å². The molecule has 0 aliphatic heterocycles. The van der Waals surface area contributed by atoms with Crippen LogP contribution in [0.25, 0.3) is 0 Å². The van der Waals surface area contributed by atoms with Crippen molar-refractivity contribution in [2.45, 2.75) is 45.1 Å². The zero-order chi connectivity index (χ0) is 22.4. The van der Waals surface area contributed by atoms with Crippen molar-refractivity contribution in [3.8, 4) is 5.75 Å². The van der Waals surface area contributed by atoms with E-state index in [1.807, 2.05) is 0 Å². The molecule has 0 spiro atoms. The van der Waals surface area contributed by atoms with Gasteiger partial charge in [-0.1, -0.05) is 118 Å². The van der Waals surface area contributed by atoms with Crippen LogP contribution in [-0.4, -0.2) is 16.9 Å². The minimum absolute atomic E-state index is 0.604. The monoisotopic (exact) mass is 424 g/mol. The van der Waals surface area contributed by atoms with Crippen LogP contribution >= 0.6 is 0 Å². The van der Waals surface area contributed by atoms with Gasteiger partial charge in [0.25, 0.3) is 0 Å². The number of rotatable bonds is 9. The highest BCUT2D eigenvalue weighted by Crippen LogP contribution is 2.43. The average molecular weight is 425 g/mol. The number of hydrogen-bond donors (Lipinski definition) is 0. The zero-order valence-corrected chi connectivity index (χ0v) is 19.3. The summed E-state index contributed by atoms with van der Waals surface area (Å²) in [7, 11) is 1.77. The van der Waals surface area contributed by atoms with E-state index in [1.165, 1.54) is 16.7 Å². The van der Waals surface area contributed by atoms with Crippen LogP contribution in [0, 0.1) is 0 Å². The first-order chi connectivity index (χ1) is 15.8. The second-order valence-electron chi connectivity index (χ2n) is 8.15. The first-order valence-electron chi connectivity index (χ1n) is 11.6. The van der Waals surface area contributed by atoms with Gasteiger partial charge < -0.3 is 4.74 Å². The van der Waals surface area contributed by atoms with Gasteiger partial charge in [0.15, 0.2) is 5.75 Å². The average Bonchev–Trinajstić information content (AvgIpc) is 3.19. The molecule has 4 rings (SSSR count). The second kappa shape index (κ2) is 9.86. The fourth-order valence-electron chi connectivity index (χ4n) is 4.76. The molecule has 164 valence electrons. The Morgan fingerprint density at radius 2 is 1.12 bits per heavy atom. The first kappa shape index (κ1) is 21.9. The van der Waals surface area contributed by atoms with Gasteiger partial charge in [-0.3, -0.25) is 0 Å². The van der Waals surface area contributed by atoms with Crippen molar-refractivity contribution in [3.63, 3.8) is 0 Å². The minimum atomic E-state index is -0.604. The van der Waals surface area contributed by atoms with E-state index < -0.39 is 5.54 Å². The summed E-state index contributed by atoms with van der Waals surface area (Å²) >= 11 is 0. The molecule has 32 heavy (non-hydrogen) atoms. The predicted octanol–water partition coefficient (Wildman–Crippen LogP) is 6.64. The van der Waals surface area contributed by atoms with Gasteiger partial charge >= 0.3 is 0 Å². The van der Waals surface area contributed by atoms with Crippen LogP contribution in [0.1, 0.15) is 54.8 Å². The topological polar surface area (TPSA) is 27.1 Å². The lowest BCUT2D eigenvalue weighted by Crippen LogP contribution is -2.40. The number of aryl methyl sites for hydroxylation is 1. The Balaban J connectivity index is 2.17. The Morgan fingerprint density at radius 3 is 1.50 bits per heavy atom. The Morgan fingerprint density at radius 1 is 0.688 bits per heavy atom. The Kier molecular flexibility index (Phi) is 6.75. The molecule has 3 nitrogen and oxygen atoms in total. The molecule has 1 heterocycles. The van der Waals surface area contributed by atoms with Crippen molar-refractivity contribution in [1.82, 2.24) is 9.78 Å². The van der Waals surface area contributed by atoms with Crippen LogP contribution in [0.2, 0.25) is 0 Å². The van der Waals surface area contributed by atoms with Crippen molar-refractivity contribution in [2.75, 3.05) is 7.11 Å². The van der Waals surface area contributed by atoms with E-state index in [2.05, 4.69) is 110 Å². The van der Waals surface area contributed by atoms with Crippen molar-refractivity contribution in [3.05, 3.63) is 119 Å². The van der Waals surface area contributed by atoms with Crippen LogP contribution in [0.15, 0.2) is 91.0 Å². The van der Waals surface area contributed by atoms with Crippen molar-refractivity contribution in [2.24, 2.45) is 0 Å². The molecular weight excluding hydrogens is 392 g/mol. The van der Waals surface area contributed by atoms with Gasteiger partial charge in [-0.15, -0.1) is 0 Å². The van der Waals surface area contributed by atoms with E-state index in [1.54, 1.807) is 7.11 Å². The highest BCUT2D eigenvalue weighted by molar-refractivity contribution is 5.52.